The molecule has 0 fully saturated rings. The first-order chi connectivity index (χ1) is 12.4. The second-order valence-electron chi connectivity index (χ2n) is 6.64. The minimum absolute atomic E-state index is 0.316. The van der Waals surface area contributed by atoms with Gasteiger partial charge in [0.1, 0.15) is 0 Å². The van der Waals surface area contributed by atoms with E-state index in [-0.39, 0.29) is 0 Å². The molecule has 0 amide bonds. The van der Waals surface area contributed by atoms with Crippen molar-refractivity contribution >= 4 is 25.3 Å². The van der Waals surface area contributed by atoms with Crippen LogP contribution in [0.5, 0.6) is 0 Å². The first-order valence-corrected chi connectivity index (χ1v) is 12.9. The molecule has 26 heavy (non-hydrogen) atoms. The van der Waals surface area contributed by atoms with Gasteiger partial charge in [-0.25, -0.2) is 0 Å². The van der Waals surface area contributed by atoms with E-state index < -0.39 is 14.7 Å². The monoisotopic (exact) mass is 394 g/mol. The highest BCUT2D eigenvalue weighted by molar-refractivity contribution is 7.66. The Morgan fingerprint density at radius 3 is 1.19 bits per heavy atom. The molecular formula is C20H28O4P2. The minimum Gasteiger partial charge on any atom is -0.341 e. The number of rotatable bonds is 11. The summed E-state index contributed by atoms with van der Waals surface area (Å²) in [7, 11) is -6.46. The molecule has 0 saturated carbocycles. The molecule has 0 aliphatic rings. The van der Waals surface area contributed by atoms with Crippen LogP contribution in [-0.4, -0.2) is 22.1 Å². The van der Waals surface area contributed by atoms with Gasteiger partial charge in [-0.1, -0.05) is 62.1 Å². The zero-order chi connectivity index (χ0) is 18.9. The molecule has 6 heteroatoms. The zero-order valence-corrected chi connectivity index (χ0v) is 16.8. The van der Waals surface area contributed by atoms with Crippen molar-refractivity contribution in [3.8, 4) is 0 Å². The van der Waals surface area contributed by atoms with Gasteiger partial charge in [-0.15, -0.1) is 0 Å². The van der Waals surface area contributed by atoms with E-state index in [9.17, 15) is 18.9 Å². The van der Waals surface area contributed by atoms with E-state index in [1.165, 1.54) is 0 Å². The van der Waals surface area contributed by atoms with Crippen LogP contribution in [-0.2, 0) is 9.13 Å². The van der Waals surface area contributed by atoms with Crippen LogP contribution in [0.3, 0.4) is 0 Å². The lowest BCUT2D eigenvalue weighted by Crippen LogP contribution is -2.07. The Morgan fingerprint density at radius 2 is 0.846 bits per heavy atom. The zero-order valence-electron chi connectivity index (χ0n) is 15.0. The van der Waals surface area contributed by atoms with E-state index in [0.717, 1.165) is 38.5 Å². The molecule has 2 aromatic carbocycles. The highest BCUT2D eigenvalue weighted by Gasteiger charge is 2.20. The summed E-state index contributed by atoms with van der Waals surface area (Å²) in [5, 5.41) is 1.05. The molecule has 0 aliphatic heterocycles. The fourth-order valence-electron chi connectivity index (χ4n) is 2.94. The van der Waals surface area contributed by atoms with E-state index in [4.69, 9.17) is 0 Å². The quantitative estimate of drug-likeness (QED) is 0.434. The molecule has 4 nitrogen and oxygen atoms in total. The van der Waals surface area contributed by atoms with Crippen molar-refractivity contribution in [3.05, 3.63) is 60.7 Å². The summed E-state index contributed by atoms with van der Waals surface area (Å²) in [6.07, 6.45) is 5.87. The molecule has 2 aromatic rings. The van der Waals surface area contributed by atoms with Gasteiger partial charge in [-0.2, -0.15) is 0 Å². The maximum absolute atomic E-state index is 12.3. The van der Waals surface area contributed by atoms with Gasteiger partial charge in [0, 0.05) is 22.9 Å². The highest BCUT2D eigenvalue weighted by Crippen LogP contribution is 2.41. The maximum Gasteiger partial charge on any atom is 0.229 e. The van der Waals surface area contributed by atoms with Gasteiger partial charge in [0.05, 0.1) is 0 Å². The van der Waals surface area contributed by atoms with Gasteiger partial charge in [-0.05, 0) is 37.1 Å². The fraction of sp³-hybridized carbons (Fsp3) is 0.400. The Kier molecular flexibility index (Phi) is 8.31. The summed E-state index contributed by atoms with van der Waals surface area (Å²) in [4.78, 5) is 20.2. The number of hydrogen-bond donors (Lipinski definition) is 2. The van der Waals surface area contributed by atoms with Crippen molar-refractivity contribution in [2.24, 2.45) is 0 Å². The summed E-state index contributed by atoms with van der Waals surface area (Å²) in [5.41, 5.74) is 0. The number of benzene rings is 2. The SMILES string of the molecule is O=P(O)(CCCCCCCCP(=O)(O)c1ccccc1)c1ccccc1. The second kappa shape index (κ2) is 10.2. The molecule has 2 rings (SSSR count). The molecule has 0 saturated heterocycles. The van der Waals surface area contributed by atoms with Crippen molar-refractivity contribution < 1.29 is 18.9 Å². The van der Waals surface area contributed by atoms with E-state index >= 15 is 0 Å². The topological polar surface area (TPSA) is 74.6 Å². The lowest BCUT2D eigenvalue weighted by atomic mass is 10.1. The van der Waals surface area contributed by atoms with Crippen LogP contribution in [0.15, 0.2) is 60.7 Å². The average molecular weight is 394 g/mol. The lowest BCUT2D eigenvalue weighted by molar-refractivity contribution is 0.481. The fourth-order valence-corrected chi connectivity index (χ4v) is 6.04. The molecular weight excluding hydrogens is 366 g/mol. The third kappa shape index (κ3) is 6.85. The van der Waals surface area contributed by atoms with Crippen molar-refractivity contribution in [2.45, 2.75) is 38.5 Å². The number of unbranched alkanes of at least 4 members (excludes halogenated alkanes) is 5. The maximum atomic E-state index is 12.3. The summed E-state index contributed by atoms with van der Waals surface area (Å²) in [6.45, 7) is 0. The molecule has 0 spiro atoms. The predicted octanol–water partition coefficient (Wildman–Crippen LogP) is 4.52. The summed E-state index contributed by atoms with van der Waals surface area (Å²) in [6, 6.07) is 17.7. The Labute approximate surface area is 156 Å². The molecule has 0 bridgehead atoms. The second-order valence-corrected chi connectivity index (χ2v) is 11.4. The standard InChI is InChI=1S/C20H28O4P2/c21-25(22,19-13-7-5-8-14-19)17-11-3-1-2-4-12-18-26(23,24)20-15-9-6-10-16-20/h5-10,13-16H,1-4,11-12,17-18H2,(H,21,22)(H,23,24). The van der Waals surface area contributed by atoms with Crippen LogP contribution in [0, 0.1) is 0 Å². The normalized spacial score (nSPS) is 15.9. The van der Waals surface area contributed by atoms with Crippen LogP contribution < -0.4 is 10.6 Å². The van der Waals surface area contributed by atoms with E-state index in [0.29, 0.717) is 22.9 Å². The van der Waals surface area contributed by atoms with Gasteiger partial charge >= 0.3 is 0 Å². The first kappa shape index (κ1) is 21.1. The van der Waals surface area contributed by atoms with Crippen LogP contribution in [0.1, 0.15) is 38.5 Å². The highest BCUT2D eigenvalue weighted by atomic mass is 31.2. The Balaban J connectivity index is 1.59. The molecule has 0 radical (unpaired) electrons. The van der Waals surface area contributed by atoms with Crippen LogP contribution in [0.4, 0.5) is 0 Å². The van der Waals surface area contributed by atoms with E-state index in [2.05, 4.69) is 0 Å². The Bertz CT molecular complexity index is 681. The van der Waals surface area contributed by atoms with Gasteiger partial charge < -0.3 is 9.79 Å². The minimum atomic E-state index is -3.23. The van der Waals surface area contributed by atoms with Crippen molar-refractivity contribution in [3.63, 3.8) is 0 Å². The third-order valence-corrected chi connectivity index (χ3v) is 8.55. The van der Waals surface area contributed by atoms with Gasteiger partial charge in [0.2, 0.25) is 14.7 Å². The first-order valence-electron chi connectivity index (χ1n) is 9.17. The Hall–Kier alpha value is -1.18. The molecule has 2 atom stereocenters. The Morgan fingerprint density at radius 1 is 0.538 bits per heavy atom. The van der Waals surface area contributed by atoms with Crippen LogP contribution >= 0.6 is 14.7 Å². The molecule has 0 heterocycles. The van der Waals surface area contributed by atoms with Crippen LogP contribution in [0.2, 0.25) is 0 Å². The molecule has 2 N–H and O–H groups in total. The third-order valence-electron chi connectivity index (χ3n) is 4.49. The van der Waals surface area contributed by atoms with Crippen molar-refractivity contribution in [1.82, 2.24) is 0 Å². The molecule has 2 unspecified atom stereocenters. The van der Waals surface area contributed by atoms with Gasteiger partial charge in [0.15, 0.2) is 0 Å². The lowest BCUT2D eigenvalue weighted by Gasteiger charge is -2.12. The van der Waals surface area contributed by atoms with Crippen LogP contribution in [0.25, 0.3) is 0 Å². The smallest absolute Gasteiger partial charge is 0.229 e. The van der Waals surface area contributed by atoms with Gasteiger partial charge in [0.25, 0.3) is 0 Å². The molecule has 0 aromatic heterocycles. The predicted molar refractivity (Wildman–Crippen MR) is 109 cm³/mol. The van der Waals surface area contributed by atoms with Crippen molar-refractivity contribution in [2.75, 3.05) is 12.3 Å². The summed E-state index contributed by atoms with van der Waals surface area (Å²) in [5.74, 6) is 0. The summed E-state index contributed by atoms with van der Waals surface area (Å²) < 4.78 is 24.6. The largest absolute Gasteiger partial charge is 0.341 e. The summed E-state index contributed by atoms with van der Waals surface area (Å²) >= 11 is 0. The molecule has 0 aliphatic carbocycles. The van der Waals surface area contributed by atoms with Crippen molar-refractivity contribution in [1.29, 1.82) is 0 Å². The van der Waals surface area contributed by atoms with Gasteiger partial charge in [-0.3, -0.25) is 9.13 Å². The molecule has 142 valence electrons. The number of hydrogen-bond acceptors (Lipinski definition) is 2. The van der Waals surface area contributed by atoms with E-state index in [1.54, 1.807) is 48.5 Å². The van der Waals surface area contributed by atoms with E-state index in [1.807, 2.05) is 12.1 Å². The average Bonchev–Trinajstić information content (AvgIpc) is 2.65.